The molecule has 29 heavy (non-hydrogen) atoms. The monoisotopic (exact) mass is 414 g/mol. The van der Waals surface area contributed by atoms with Crippen molar-refractivity contribution in [2.45, 2.75) is 59.8 Å². The predicted octanol–water partition coefficient (Wildman–Crippen LogP) is 4.86. The molecule has 0 saturated carbocycles. The third kappa shape index (κ3) is 5.42. The summed E-state index contributed by atoms with van der Waals surface area (Å²) in [5.74, 6) is -1.11. The molecule has 5 nitrogen and oxygen atoms in total. The van der Waals surface area contributed by atoms with E-state index >= 15 is 0 Å². The lowest BCUT2D eigenvalue weighted by Gasteiger charge is -2.40. The zero-order chi connectivity index (χ0) is 22.2. The van der Waals surface area contributed by atoms with E-state index in [1.807, 2.05) is 34.6 Å². The van der Waals surface area contributed by atoms with Crippen molar-refractivity contribution in [1.82, 2.24) is 9.80 Å². The number of aliphatic carboxylic acids is 1. The minimum Gasteiger partial charge on any atom is -0.480 e. The Morgan fingerprint density at radius 3 is 2.21 bits per heavy atom. The number of halogens is 3. The summed E-state index contributed by atoms with van der Waals surface area (Å²) in [6.45, 7) is 9.76. The van der Waals surface area contributed by atoms with Gasteiger partial charge in [0.25, 0.3) is 0 Å². The van der Waals surface area contributed by atoms with Crippen LogP contribution in [-0.4, -0.2) is 46.0 Å². The second-order valence-electron chi connectivity index (χ2n) is 9.52. The van der Waals surface area contributed by atoms with Crippen molar-refractivity contribution in [1.29, 1.82) is 0 Å². The Morgan fingerprint density at radius 1 is 1.10 bits per heavy atom. The molecule has 0 aliphatic carbocycles. The van der Waals surface area contributed by atoms with E-state index in [1.165, 1.54) is 28.0 Å². The first-order valence-electron chi connectivity index (χ1n) is 9.57. The summed E-state index contributed by atoms with van der Waals surface area (Å²) < 4.78 is 39.8. The number of rotatable bonds is 6. The van der Waals surface area contributed by atoms with Crippen LogP contribution in [0.1, 0.15) is 52.2 Å². The van der Waals surface area contributed by atoms with Crippen molar-refractivity contribution in [2.75, 3.05) is 13.1 Å². The van der Waals surface area contributed by atoms with E-state index in [2.05, 4.69) is 0 Å². The molecule has 0 unspecified atom stereocenters. The standard InChI is InChI=1S/C21H29F3N2O3/c1-19(2,3)13-20(4,5)16(17(27)28)26-11-10-25(18(26)29)12-14-8-6-7-9-15(14)21(22,23)24/h6-9,16H,10-13H2,1-5H3,(H,27,28)/t16-/m1/s1. The molecule has 1 fully saturated rings. The zero-order valence-corrected chi connectivity index (χ0v) is 17.5. The number of benzene rings is 1. The van der Waals surface area contributed by atoms with Gasteiger partial charge in [0.2, 0.25) is 0 Å². The summed E-state index contributed by atoms with van der Waals surface area (Å²) in [6.07, 6.45) is -3.95. The molecule has 0 radical (unpaired) electrons. The van der Waals surface area contributed by atoms with Crippen molar-refractivity contribution in [2.24, 2.45) is 10.8 Å². The Hall–Kier alpha value is -2.25. The van der Waals surface area contributed by atoms with E-state index in [4.69, 9.17) is 0 Å². The van der Waals surface area contributed by atoms with Gasteiger partial charge in [0.05, 0.1) is 5.56 Å². The summed E-state index contributed by atoms with van der Waals surface area (Å²) >= 11 is 0. The van der Waals surface area contributed by atoms with Gasteiger partial charge in [0.1, 0.15) is 6.04 Å². The van der Waals surface area contributed by atoms with Crippen molar-refractivity contribution in [3.63, 3.8) is 0 Å². The Balaban J connectivity index is 2.26. The summed E-state index contributed by atoms with van der Waals surface area (Å²) in [5, 5.41) is 9.85. The van der Waals surface area contributed by atoms with Gasteiger partial charge in [0, 0.05) is 19.6 Å². The van der Waals surface area contributed by atoms with Gasteiger partial charge in [-0.15, -0.1) is 0 Å². The lowest BCUT2D eigenvalue weighted by Crippen LogP contribution is -2.53. The minimum absolute atomic E-state index is 0.00368. The molecule has 2 amide bonds. The second-order valence-corrected chi connectivity index (χ2v) is 9.52. The molecular weight excluding hydrogens is 385 g/mol. The van der Waals surface area contributed by atoms with Crippen LogP contribution in [0.25, 0.3) is 0 Å². The number of carboxylic acids is 1. The van der Waals surface area contributed by atoms with Gasteiger partial charge >= 0.3 is 18.2 Å². The first-order chi connectivity index (χ1) is 13.1. The average Bonchev–Trinajstić information content (AvgIpc) is 2.85. The lowest BCUT2D eigenvalue weighted by atomic mass is 9.71. The molecular formula is C21H29F3N2O3. The Kier molecular flexibility index (Phi) is 6.26. The van der Waals surface area contributed by atoms with E-state index in [-0.39, 0.29) is 30.6 Å². The van der Waals surface area contributed by atoms with E-state index in [0.29, 0.717) is 6.42 Å². The minimum atomic E-state index is -4.52. The van der Waals surface area contributed by atoms with Crippen LogP contribution >= 0.6 is 0 Å². The zero-order valence-electron chi connectivity index (χ0n) is 17.5. The highest BCUT2D eigenvalue weighted by Gasteiger charge is 2.47. The fourth-order valence-electron chi connectivity index (χ4n) is 4.48. The largest absolute Gasteiger partial charge is 0.480 e. The van der Waals surface area contributed by atoms with Gasteiger partial charge in [-0.1, -0.05) is 52.8 Å². The third-order valence-electron chi connectivity index (χ3n) is 5.08. The quantitative estimate of drug-likeness (QED) is 0.723. The van der Waals surface area contributed by atoms with Gasteiger partial charge in [-0.25, -0.2) is 9.59 Å². The average molecular weight is 414 g/mol. The van der Waals surface area contributed by atoms with E-state index in [0.717, 1.165) is 6.07 Å². The highest BCUT2D eigenvalue weighted by Crippen LogP contribution is 2.39. The van der Waals surface area contributed by atoms with Crippen LogP contribution in [-0.2, 0) is 17.5 Å². The van der Waals surface area contributed by atoms with Crippen LogP contribution in [0.3, 0.4) is 0 Å². The molecule has 0 bridgehead atoms. The molecule has 2 rings (SSSR count). The number of carbonyl (C=O) groups excluding carboxylic acids is 1. The lowest BCUT2D eigenvalue weighted by molar-refractivity contribution is -0.147. The smallest absolute Gasteiger partial charge is 0.416 e. The highest BCUT2D eigenvalue weighted by atomic mass is 19.4. The van der Waals surface area contributed by atoms with Crippen LogP contribution in [0, 0.1) is 10.8 Å². The fraction of sp³-hybridized carbons (Fsp3) is 0.619. The summed E-state index contributed by atoms with van der Waals surface area (Å²) in [5.41, 5.74) is -1.64. The van der Waals surface area contributed by atoms with Crippen LogP contribution in [0.15, 0.2) is 24.3 Å². The van der Waals surface area contributed by atoms with Gasteiger partial charge in [0.15, 0.2) is 0 Å². The van der Waals surface area contributed by atoms with Crippen LogP contribution < -0.4 is 0 Å². The molecule has 0 aromatic heterocycles. The van der Waals surface area contributed by atoms with E-state index in [9.17, 15) is 27.9 Å². The number of amides is 2. The Labute approximate surface area is 169 Å². The van der Waals surface area contributed by atoms with Crippen LogP contribution in [0.2, 0.25) is 0 Å². The molecule has 1 atom stereocenters. The Morgan fingerprint density at radius 2 is 1.69 bits per heavy atom. The number of hydrogen-bond acceptors (Lipinski definition) is 2. The molecule has 0 spiro atoms. The SMILES string of the molecule is CC(C)(C)CC(C)(C)[C@@H](C(=O)O)N1CCN(Cc2ccccc2C(F)(F)F)C1=O. The number of carbonyl (C=O) groups is 2. The maximum atomic E-state index is 13.3. The van der Waals surface area contributed by atoms with Crippen molar-refractivity contribution >= 4 is 12.0 Å². The van der Waals surface area contributed by atoms with Crippen molar-refractivity contribution in [3.05, 3.63) is 35.4 Å². The van der Waals surface area contributed by atoms with Crippen molar-refractivity contribution < 1.29 is 27.9 Å². The molecule has 1 saturated heterocycles. The van der Waals surface area contributed by atoms with Gasteiger partial charge < -0.3 is 14.9 Å². The first-order valence-corrected chi connectivity index (χ1v) is 9.57. The number of alkyl halides is 3. The third-order valence-corrected chi connectivity index (χ3v) is 5.08. The summed E-state index contributed by atoms with van der Waals surface area (Å²) in [7, 11) is 0. The molecule has 1 heterocycles. The molecule has 162 valence electrons. The highest BCUT2D eigenvalue weighted by molar-refractivity contribution is 5.84. The summed E-state index contributed by atoms with van der Waals surface area (Å²) in [4.78, 5) is 27.6. The Bertz CT molecular complexity index is 769. The van der Waals surface area contributed by atoms with Crippen molar-refractivity contribution in [3.8, 4) is 0 Å². The summed E-state index contributed by atoms with van der Waals surface area (Å²) in [6, 6.07) is 3.53. The molecule has 1 N–H and O–H groups in total. The molecule has 1 aliphatic rings. The number of nitrogens with zero attached hydrogens (tertiary/aromatic N) is 2. The second kappa shape index (κ2) is 7.88. The molecule has 1 aromatic rings. The molecule has 1 aliphatic heterocycles. The molecule has 1 aromatic carbocycles. The van der Waals surface area contributed by atoms with Gasteiger partial charge in [-0.05, 0) is 28.9 Å². The first kappa shape index (κ1) is 23.0. The molecule has 8 heteroatoms. The van der Waals surface area contributed by atoms with E-state index < -0.39 is 35.2 Å². The van der Waals surface area contributed by atoms with Gasteiger partial charge in [-0.3, -0.25) is 0 Å². The van der Waals surface area contributed by atoms with Crippen LogP contribution in [0.4, 0.5) is 18.0 Å². The maximum absolute atomic E-state index is 13.3. The maximum Gasteiger partial charge on any atom is 0.416 e. The van der Waals surface area contributed by atoms with Gasteiger partial charge in [-0.2, -0.15) is 13.2 Å². The number of carboxylic acid groups (broad SMARTS) is 1. The normalized spacial score (nSPS) is 17.0. The topological polar surface area (TPSA) is 60.9 Å². The van der Waals surface area contributed by atoms with Crippen LogP contribution in [0.5, 0.6) is 0 Å². The fourth-order valence-corrected chi connectivity index (χ4v) is 4.48. The number of hydrogen-bond donors (Lipinski definition) is 1. The predicted molar refractivity (Wildman–Crippen MR) is 103 cm³/mol. The number of urea groups is 1. The van der Waals surface area contributed by atoms with E-state index in [1.54, 1.807) is 0 Å².